The van der Waals surface area contributed by atoms with Crippen molar-refractivity contribution in [2.45, 2.75) is 58.5 Å². The van der Waals surface area contributed by atoms with Crippen LogP contribution < -0.4 is 0 Å². The van der Waals surface area contributed by atoms with Crippen molar-refractivity contribution >= 4 is 17.6 Å². The van der Waals surface area contributed by atoms with Crippen molar-refractivity contribution in [3.8, 4) is 23.7 Å². The largest absolute Gasteiger partial charge is 0.463 e. The molecule has 0 unspecified atom stereocenters. The Kier molecular flexibility index (Phi) is 13.6. The van der Waals surface area contributed by atoms with Gasteiger partial charge in [-0.15, -0.1) is 0 Å². The van der Waals surface area contributed by atoms with E-state index in [0.717, 1.165) is 38.5 Å². The second kappa shape index (κ2) is 14.8. The maximum atomic E-state index is 10.9. The monoisotopic (exact) mass is 306 g/mol. The van der Waals surface area contributed by atoms with Gasteiger partial charge in [-0.25, -0.2) is 0 Å². The molecule has 0 bridgehead atoms. The summed E-state index contributed by atoms with van der Waals surface area (Å²) in [4.78, 5) is 10.9. The summed E-state index contributed by atoms with van der Waals surface area (Å²) in [5.41, 5.74) is 1.43. The fraction of sp³-hybridized carbons (Fsp3) is 0.500. The third kappa shape index (κ3) is 14.6. The lowest BCUT2D eigenvalue weighted by Crippen LogP contribution is -2.14. The molecule has 0 radical (unpaired) electrons. The summed E-state index contributed by atoms with van der Waals surface area (Å²) in [6.07, 6.45) is 11.1. The summed E-state index contributed by atoms with van der Waals surface area (Å²) >= 11 is 5.35. The van der Waals surface area contributed by atoms with E-state index in [-0.39, 0.29) is 12.1 Å². The lowest BCUT2D eigenvalue weighted by molar-refractivity contribution is -0.146. The van der Waals surface area contributed by atoms with Gasteiger partial charge < -0.3 is 4.74 Å². The molecule has 0 rings (SSSR count). The van der Waals surface area contributed by atoms with Crippen LogP contribution in [0, 0.1) is 23.7 Å². The van der Waals surface area contributed by atoms with Crippen LogP contribution in [0.3, 0.4) is 0 Å². The van der Waals surface area contributed by atoms with E-state index in [1.54, 1.807) is 18.2 Å². The third-order valence-corrected chi connectivity index (χ3v) is 2.85. The number of rotatable bonds is 8. The predicted molar refractivity (Wildman–Crippen MR) is 88.6 cm³/mol. The molecule has 0 aromatic carbocycles. The van der Waals surface area contributed by atoms with Crippen LogP contribution in [0.25, 0.3) is 0 Å². The Labute approximate surface area is 133 Å². The minimum absolute atomic E-state index is 0.0632. The van der Waals surface area contributed by atoms with E-state index in [1.807, 2.05) is 6.92 Å². The molecule has 0 aliphatic rings. The number of hydrogen-bond acceptors (Lipinski definition) is 2. The zero-order valence-electron chi connectivity index (χ0n) is 12.8. The van der Waals surface area contributed by atoms with Crippen molar-refractivity contribution in [3.63, 3.8) is 0 Å². The topological polar surface area (TPSA) is 26.3 Å². The molecular formula is C18H23ClO2. The summed E-state index contributed by atoms with van der Waals surface area (Å²) in [6.45, 7) is 3.50. The highest BCUT2D eigenvalue weighted by atomic mass is 35.5. The van der Waals surface area contributed by atoms with Crippen LogP contribution in [0.2, 0.25) is 0 Å². The first kappa shape index (κ1) is 19.4. The molecule has 0 aliphatic heterocycles. The molecule has 0 N–H and O–H groups in total. The summed E-state index contributed by atoms with van der Waals surface area (Å²) in [7, 11) is 0. The maximum absolute atomic E-state index is 10.9. The zero-order chi connectivity index (χ0) is 15.8. The first-order valence-corrected chi connectivity index (χ1v) is 7.71. The van der Waals surface area contributed by atoms with E-state index < -0.39 is 0 Å². The Morgan fingerprint density at radius 2 is 2.05 bits per heavy atom. The number of ether oxygens (including phenoxy) is 1. The van der Waals surface area contributed by atoms with Gasteiger partial charge in [0.25, 0.3) is 0 Å². The van der Waals surface area contributed by atoms with Crippen molar-refractivity contribution in [1.82, 2.24) is 0 Å². The number of esters is 1. The Balaban J connectivity index is 3.66. The number of carbonyl (C=O) groups excluding carboxylic acids is 1. The number of unbranched alkanes of at least 4 members (excludes halogenated alkanes) is 3. The molecule has 0 saturated carbocycles. The molecule has 0 amide bonds. The molecule has 0 heterocycles. The highest BCUT2D eigenvalue weighted by Crippen LogP contribution is 2.11. The Morgan fingerprint density at radius 1 is 1.24 bits per heavy atom. The van der Waals surface area contributed by atoms with Gasteiger partial charge in [-0.05, 0) is 43.6 Å². The molecule has 1 atom stereocenters. The molecule has 21 heavy (non-hydrogen) atoms. The van der Waals surface area contributed by atoms with Gasteiger partial charge in [-0.2, -0.15) is 0 Å². The number of halogens is 1. The average molecular weight is 307 g/mol. The van der Waals surface area contributed by atoms with Crippen LogP contribution in [0.4, 0.5) is 0 Å². The van der Waals surface area contributed by atoms with E-state index in [0.29, 0.717) is 0 Å². The van der Waals surface area contributed by atoms with E-state index in [2.05, 4.69) is 23.7 Å². The number of carbonyl (C=O) groups is 1. The molecule has 0 saturated heterocycles. The van der Waals surface area contributed by atoms with Gasteiger partial charge in [0.1, 0.15) is 6.10 Å². The van der Waals surface area contributed by atoms with Crippen molar-refractivity contribution in [3.05, 3.63) is 23.8 Å². The Hall–Kier alpha value is -1.64. The quantitative estimate of drug-likeness (QED) is 0.284. The Bertz CT molecular complexity index is 455. The van der Waals surface area contributed by atoms with E-state index in [4.69, 9.17) is 16.3 Å². The first-order chi connectivity index (χ1) is 10.2. The maximum Gasteiger partial charge on any atom is 0.302 e. The minimum atomic E-state index is -0.193. The van der Waals surface area contributed by atoms with Crippen LogP contribution in [0.5, 0.6) is 0 Å². The van der Waals surface area contributed by atoms with Gasteiger partial charge in [0, 0.05) is 18.9 Å². The second-order valence-electron chi connectivity index (χ2n) is 4.49. The SMILES string of the molecule is CC[C@H](CCCCCC#CC#C/C=C/C=C\Cl)OC(C)=O. The van der Waals surface area contributed by atoms with Gasteiger partial charge in [0.05, 0.1) is 0 Å². The Morgan fingerprint density at radius 3 is 2.71 bits per heavy atom. The van der Waals surface area contributed by atoms with Crippen LogP contribution in [-0.4, -0.2) is 12.1 Å². The van der Waals surface area contributed by atoms with Crippen LogP contribution in [0.15, 0.2) is 23.8 Å². The standard InChI is InChI=1S/C18H23ClO2/c1-3-18(21-17(2)20)15-13-11-9-7-5-4-6-8-10-12-14-16-19/h10,12,14,16,18H,3,7,9,11,13,15H2,1-2H3/b12-10+,16-14-/t18-/m1/s1. The van der Waals surface area contributed by atoms with Gasteiger partial charge in [0.15, 0.2) is 0 Å². The van der Waals surface area contributed by atoms with Crippen LogP contribution >= 0.6 is 11.6 Å². The summed E-state index contributed by atoms with van der Waals surface area (Å²) in [5.74, 6) is 11.2. The highest BCUT2D eigenvalue weighted by Gasteiger charge is 2.08. The molecule has 2 nitrogen and oxygen atoms in total. The third-order valence-electron chi connectivity index (χ3n) is 2.70. The summed E-state index contributed by atoms with van der Waals surface area (Å²) < 4.78 is 5.19. The van der Waals surface area contributed by atoms with Crippen LogP contribution in [-0.2, 0) is 9.53 Å². The molecule has 0 aliphatic carbocycles. The molecule has 0 aromatic heterocycles. The average Bonchev–Trinajstić information content (AvgIpc) is 2.46. The zero-order valence-corrected chi connectivity index (χ0v) is 13.6. The molecule has 0 aromatic rings. The van der Waals surface area contributed by atoms with Crippen molar-refractivity contribution in [2.75, 3.05) is 0 Å². The number of hydrogen-bond donors (Lipinski definition) is 0. The lowest BCUT2D eigenvalue weighted by Gasteiger charge is -2.14. The fourth-order valence-corrected chi connectivity index (χ4v) is 1.76. The van der Waals surface area contributed by atoms with Crippen LogP contribution in [0.1, 0.15) is 52.4 Å². The number of allylic oxidation sites excluding steroid dienone is 3. The van der Waals surface area contributed by atoms with Gasteiger partial charge in [0.2, 0.25) is 0 Å². The lowest BCUT2D eigenvalue weighted by atomic mass is 10.1. The van der Waals surface area contributed by atoms with Gasteiger partial charge in [-0.3, -0.25) is 4.79 Å². The molecule has 0 fully saturated rings. The molecule has 3 heteroatoms. The molecular weight excluding hydrogens is 284 g/mol. The van der Waals surface area contributed by atoms with E-state index >= 15 is 0 Å². The fourth-order valence-electron chi connectivity index (χ4n) is 1.67. The highest BCUT2D eigenvalue weighted by molar-refractivity contribution is 6.25. The van der Waals surface area contributed by atoms with Gasteiger partial charge in [-0.1, -0.05) is 48.9 Å². The summed E-state index contributed by atoms with van der Waals surface area (Å²) in [5, 5.41) is 0. The van der Waals surface area contributed by atoms with Crippen molar-refractivity contribution in [1.29, 1.82) is 0 Å². The normalized spacial score (nSPS) is 11.6. The van der Waals surface area contributed by atoms with E-state index in [9.17, 15) is 4.79 Å². The van der Waals surface area contributed by atoms with Crippen molar-refractivity contribution in [2.24, 2.45) is 0 Å². The predicted octanol–water partition coefficient (Wildman–Crippen LogP) is 4.59. The van der Waals surface area contributed by atoms with Gasteiger partial charge >= 0.3 is 5.97 Å². The van der Waals surface area contributed by atoms with E-state index in [1.165, 1.54) is 12.5 Å². The summed E-state index contributed by atoms with van der Waals surface area (Å²) in [6, 6.07) is 0. The smallest absolute Gasteiger partial charge is 0.302 e. The van der Waals surface area contributed by atoms with Crippen molar-refractivity contribution < 1.29 is 9.53 Å². The first-order valence-electron chi connectivity index (χ1n) is 7.28. The minimum Gasteiger partial charge on any atom is -0.463 e. The molecule has 0 spiro atoms. The second-order valence-corrected chi connectivity index (χ2v) is 4.74. The molecule has 114 valence electrons.